The summed E-state index contributed by atoms with van der Waals surface area (Å²) in [7, 11) is 1.53. The molecule has 27 heavy (non-hydrogen) atoms. The molecule has 2 N–H and O–H groups in total. The fourth-order valence-corrected chi connectivity index (χ4v) is 2.38. The van der Waals surface area contributed by atoms with Crippen LogP contribution in [0.1, 0.15) is 6.92 Å². The summed E-state index contributed by atoms with van der Waals surface area (Å²) in [6.07, 6.45) is -0.900. The van der Waals surface area contributed by atoms with Crippen LogP contribution in [0.2, 0.25) is 10.0 Å². The summed E-state index contributed by atoms with van der Waals surface area (Å²) >= 11 is 11.8. The fourth-order valence-electron chi connectivity index (χ4n) is 1.92. The van der Waals surface area contributed by atoms with Crippen molar-refractivity contribution in [2.75, 3.05) is 13.7 Å². The molecule has 2 amide bonds. The summed E-state index contributed by atoms with van der Waals surface area (Å²) in [5.41, 5.74) is 4.50. The molecule has 0 aliphatic heterocycles. The summed E-state index contributed by atoms with van der Waals surface area (Å²) in [6.45, 7) is 1.23. The van der Waals surface area contributed by atoms with Crippen LogP contribution in [0.3, 0.4) is 0 Å². The van der Waals surface area contributed by atoms with Gasteiger partial charge in [0, 0.05) is 11.1 Å². The van der Waals surface area contributed by atoms with Gasteiger partial charge in [0.2, 0.25) is 0 Å². The second-order valence-corrected chi connectivity index (χ2v) is 6.18. The van der Waals surface area contributed by atoms with Crippen LogP contribution in [-0.2, 0) is 9.59 Å². The van der Waals surface area contributed by atoms with Gasteiger partial charge in [-0.25, -0.2) is 0 Å². The van der Waals surface area contributed by atoms with Gasteiger partial charge in [0.05, 0.1) is 12.1 Å². The molecule has 0 fully saturated rings. The molecule has 0 aliphatic carbocycles. The molecule has 0 unspecified atom stereocenters. The van der Waals surface area contributed by atoms with Crippen molar-refractivity contribution in [2.45, 2.75) is 13.0 Å². The first-order valence-corrected chi connectivity index (χ1v) is 8.62. The number of hydrogen-bond donors (Lipinski definition) is 2. The minimum atomic E-state index is -0.900. The summed E-state index contributed by atoms with van der Waals surface area (Å²) in [6, 6.07) is 11.4. The zero-order chi connectivity index (χ0) is 19.8. The Hall–Kier alpha value is -2.64. The minimum Gasteiger partial charge on any atom is -0.497 e. The van der Waals surface area contributed by atoms with Gasteiger partial charge in [-0.05, 0) is 37.3 Å². The van der Waals surface area contributed by atoms with Crippen LogP contribution in [0.25, 0.3) is 0 Å². The highest BCUT2D eigenvalue weighted by Crippen LogP contribution is 2.28. The van der Waals surface area contributed by atoms with Gasteiger partial charge in [0.25, 0.3) is 11.8 Å². The minimum absolute atomic E-state index is 0.276. The number of carbonyl (C=O) groups excluding carboxylic acids is 2. The summed E-state index contributed by atoms with van der Waals surface area (Å²) in [5.74, 6) is 0.271. The predicted octanol–water partition coefficient (Wildman–Crippen LogP) is 3.00. The van der Waals surface area contributed by atoms with E-state index in [1.807, 2.05) is 0 Å². The lowest BCUT2D eigenvalue weighted by molar-refractivity contribution is -0.133. The van der Waals surface area contributed by atoms with Crippen molar-refractivity contribution >= 4 is 35.0 Å². The zero-order valence-electron chi connectivity index (χ0n) is 14.6. The Morgan fingerprint density at radius 1 is 1.07 bits per heavy atom. The quantitative estimate of drug-likeness (QED) is 0.682. The number of halogens is 2. The van der Waals surface area contributed by atoms with Crippen LogP contribution >= 0.6 is 23.2 Å². The van der Waals surface area contributed by atoms with E-state index in [1.165, 1.54) is 20.1 Å². The Bertz CT molecular complexity index is 816. The van der Waals surface area contributed by atoms with Crippen molar-refractivity contribution < 1.29 is 23.8 Å². The van der Waals surface area contributed by atoms with E-state index in [1.54, 1.807) is 36.4 Å². The highest BCUT2D eigenvalue weighted by atomic mass is 35.5. The van der Waals surface area contributed by atoms with Gasteiger partial charge in [-0.3, -0.25) is 20.4 Å². The molecule has 0 aromatic heterocycles. The van der Waals surface area contributed by atoms with Crippen molar-refractivity contribution in [3.63, 3.8) is 0 Å². The predicted molar refractivity (Wildman–Crippen MR) is 101 cm³/mol. The zero-order valence-corrected chi connectivity index (χ0v) is 16.1. The first kappa shape index (κ1) is 20.7. The fraction of sp³-hybridized carbons (Fsp3) is 0.222. The number of carbonyl (C=O) groups is 2. The van der Waals surface area contributed by atoms with Gasteiger partial charge in [-0.15, -0.1) is 0 Å². The summed E-state index contributed by atoms with van der Waals surface area (Å²) in [5, 5.41) is 0.727. The third-order valence-corrected chi connectivity index (χ3v) is 3.83. The van der Waals surface area contributed by atoms with E-state index in [0.29, 0.717) is 22.3 Å². The van der Waals surface area contributed by atoms with Gasteiger partial charge in [-0.1, -0.05) is 29.3 Å². The van der Waals surface area contributed by atoms with Gasteiger partial charge in [0.15, 0.2) is 12.7 Å². The van der Waals surface area contributed by atoms with E-state index in [0.717, 1.165) is 0 Å². The van der Waals surface area contributed by atoms with Gasteiger partial charge < -0.3 is 14.2 Å². The lowest BCUT2D eigenvalue weighted by Crippen LogP contribution is -2.48. The molecule has 0 saturated heterocycles. The molecular weight excluding hydrogens is 395 g/mol. The molecule has 0 bridgehead atoms. The Labute approximate surface area is 166 Å². The second-order valence-electron chi connectivity index (χ2n) is 5.34. The molecule has 2 aromatic carbocycles. The molecule has 7 nitrogen and oxygen atoms in total. The number of methoxy groups -OCH3 is 1. The van der Waals surface area contributed by atoms with Crippen molar-refractivity contribution in [1.82, 2.24) is 10.9 Å². The number of hydrazine groups is 1. The van der Waals surface area contributed by atoms with E-state index in [2.05, 4.69) is 10.9 Å². The number of rotatable bonds is 7. The Balaban J connectivity index is 1.77. The van der Waals surface area contributed by atoms with Crippen LogP contribution in [0.5, 0.6) is 17.2 Å². The van der Waals surface area contributed by atoms with Gasteiger partial charge in [-0.2, -0.15) is 0 Å². The van der Waals surface area contributed by atoms with Gasteiger partial charge in [0.1, 0.15) is 17.2 Å². The number of nitrogens with one attached hydrogen (secondary N) is 2. The highest BCUT2D eigenvalue weighted by molar-refractivity contribution is 6.35. The molecule has 0 aliphatic rings. The lowest BCUT2D eigenvalue weighted by atomic mass is 10.3. The van der Waals surface area contributed by atoms with E-state index in [-0.39, 0.29) is 11.6 Å². The summed E-state index contributed by atoms with van der Waals surface area (Å²) in [4.78, 5) is 23.8. The van der Waals surface area contributed by atoms with Crippen LogP contribution in [-0.4, -0.2) is 31.6 Å². The second kappa shape index (κ2) is 9.89. The van der Waals surface area contributed by atoms with Crippen molar-refractivity contribution in [2.24, 2.45) is 0 Å². The first-order valence-electron chi connectivity index (χ1n) is 7.86. The molecular formula is C18H18Cl2N2O5. The summed E-state index contributed by atoms with van der Waals surface area (Å²) < 4.78 is 15.8. The molecule has 0 heterocycles. The number of ether oxygens (including phenoxy) is 3. The average molecular weight is 413 g/mol. The molecule has 9 heteroatoms. The third kappa shape index (κ3) is 6.54. The maximum atomic E-state index is 12.0. The van der Waals surface area contributed by atoms with E-state index >= 15 is 0 Å². The van der Waals surface area contributed by atoms with Crippen molar-refractivity contribution in [3.8, 4) is 17.2 Å². The van der Waals surface area contributed by atoms with Crippen molar-refractivity contribution in [1.29, 1.82) is 0 Å². The SMILES string of the molecule is COc1cccc(OCC(=O)NNC(=O)[C@@H](C)Oc2ccc(Cl)cc2Cl)c1. The Morgan fingerprint density at radius 3 is 2.52 bits per heavy atom. The maximum Gasteiger partial charge on any atom is 0.279 e. The topological polar surface area (TPSA) is 85.9 Å². The molecule has 2 aromatic rings. The lowest BCUT2D eigenvalue weighted by Gasteiger charge is -2.16. The molecule has 144 valence electrons. The van der Waals surface area contributed by atoms with E-state index < -0.39 is 17.9 Å². The standard InChI is InChI=1S/C18H18Cl2N2O5/c1-11(27-16-7-6-12(19)8-15(16)20)18(24)22-21-17(23)10-26-14-5-3-4-13(9-14)25-2/h3-9,11H,10H2,1-2H3,(H,21,23)(H,22,24)/t11-/m1/s1. The smallest absolute Gasteiger partial charge is 0.279 e. The van der Waals surface area contributed by atoms with Crippen LogP contribution < -0.4 is 25.1 Å². The van der Waals surface area contributed by atoms with Gasteiger partial charge >= 0.3 is 0 Å². The monoisotopic (exact) mass is 412 g/mol. The normalized spacial score (nSPS) is 11.3. The van der Waals surface area contributed by atoms with Crippen LogP contribution in [0.15, 0.2) is 42.5 Å². The molecule has 1 atom stereocenters. The van der Waals surface area contributed by atoms with E-state index in [4.69, 9.17) is 37.4 Å². The molecule has 0 saturated carbocycles. The average Bonchev–Trinajstić information content (AvgIpc) is 2.66. The Kier molecular flexibility index (Phi) is 7.57. The molecule has 0 radical (unpaired) electrons. The number of amides is 2. The van der Waals surface area contributed by atoms with Crippen molar-refractivity contribution in [3.05, 3.63) is 52.5 Å². The highest BCUT2D eigenvalue weighted by Gasteiger charge is 2.17. The maximum absolute atomic E-state index is 12.0. The largest absolute Gasteiger partial charge is 0.497 e. The van der Waals surface area contributed by atoms with E-state index in [9.17, 15) is 9.59 Å². The Morgan fingerprint density at radius 2 is 1.81 bits per heavy atom. The molecule has 2 rings (SSSR count). The molecule has 0 spiro atoms. The van der Waals surface area contributed by atoms with Crippen LogP contribution in [0, 0.1) is 0 Å². The van der Waals surface area contributed by atoms with Crippen LogP contribution in [0.4, 0.5) is 0 Å². The number of benzene rings is 2. The first-order chi connectivity index (χ1) is 12.9. The number of hydrogen-bond acceptors (Lipinski definition) is 5. The third-order valence-electron chi connectivity index (χ3n) is 3.30.